The molecule has 3 rings (SSSR count). The third kappa shape index (κ3) is 3.07. The number of carbonyl (C=O) groups excluding carboxylic acids is 1. The smallest absolute Gasteiger partial charge is 0.350 e. The highest BCUT2D eigenvalue weighted by molar-refractivity contribution is 7.17. The Kier molecular flexibility index (Phi) is 4.58. The van der Waals surface area contributed by atoms with Gasteiger partial charge in [-0.15, -0.1) is 11.3 Å². The first-order valence-electron chi connectivity index (χ1n) is 7.23. The normalized spacial score (nSPS) is 15.2. The van der Waals surface area contributed by atoms with Gasteiger partial charge in [-0.05, 0) is 13.8 Å². The molecule has 1 aliphatic rings. The number of carbonyl (C=O) groups is 1. The van der Waals surface area contributed by atoms with Gasteiger partial charge in [-0.3, -0.25) is 0 Å². The molecule has 8 heteroatoms. The third-order valence-electron chi connectivity index (χ3n) is 3.49. The van der Waals surface area contributed by atoms with E-state index in [4.69, 9.17) is 4.74 Å². The van der Waals surface area contributed by atoms with E-state index in [0.717, 1.165) is 42.1 Å². The number of hydrogen-bond acceptors (Lipinski definition) is 8. The van der Waals surface area contributed by atoms with E-state index in [-0.39, 0.29) is 5.97 Å². The van der Waals surface area contributed by atoms with Crippen LogP contribution >= 0.6 is 22.7 Å². The highest BCUT2D eigenvalue weighted by Crippen LogP contribution is 2.28. The van der Waals surface area contributed by atoms with E-state index in [1.165, 1.54) is 11.3 Å². The number of rotatable bonds is 4. The minimum atomic E-state index is -0.273. The van der Waals surface area contributed by atoms with Crippen LogP contribution in [0.5, 0.6) is 0 Å². The highest BCUT2D eigenvalue weighted by Gasteiger charge is 2.24. The van der Waals surface area contributed by atoms with Gasteiger partial charge in [0.1, 0.15) is 4.88 Å². The Morgan fingerprint density at radius 2 is 1.95 bits per heavy atom. The summed E-state index contributed by atoms with van der Waals surface area (Å²) in [5.74, 6) is -0.273. The van der Waals surface area contributed by atoms with Crippen molar-refractivity contribution in [2.24, 2.45) is 0 Å². The van der Waals surface area contributed by atoms with Crippen molar-refractivity contribution in [3.8, 4) is 0 Å². The van der Waals surface area contributed by atoms with Crippen LogP contribution in [0, 0.1) is 6.92 Å². The molecule has 0 radical (unpaired) electrons. The number of ether oxygens (including phenoxy) is 1. The zero-order valence-corrected chi connectivity index (χ0v) is 14.2. The van der Waals surface area contributed by atoms with Crippen LogP contribution in [0.1, 0.15) is 22.3 Å². The predicted molar refractivity (Wildman–Crippen MR) is 89.3 cm³/mol. The molecule has 0 spiro atoms. The Bertz CT molecular complexity index is 633. The summed E-state index contributed by atoms with van der Waals surface area (Å²) in [6.45, 7) is 7.66. The number of thiazole rings is 2. The summed E-state index contributed by atoms with van der Waals surface area (Å²) < 4.78 is 5.07. The minimum Gasteiger partial charge on any atom is -0.462 e. The van der Waals surface area contributed by atoms with Gasteiger partial charge in [0.15, 0.2) is 10.3 Å². The van der Waals surface area contributed by atoms with Gasteiger partial charge in [-0.1, -0.05) is 11.3 Å². The van der Waals surface area contributed by atoms with Crippen molar-refractivity contribution in [3.05, 3.63) is 22.1 Å². The monoisotopic (exact) mass is 338 g/mol. The lowest BCUT2D eigenvalue weighted by Gasteiger charge is -2.34. The van der Waals surface area contributed by atoms with Crippen LogP contribution in [0.3, 0.4) is 0 Å². The van der Waals surface area contributed by atoms with Crippen molar-refractivity contribution < 1.29 is 9.53 Å². The van der Waals surface area contributed by atoms with Gasteiger partial charge in [0.2, 0.25) is 0 Å². The first-order chi connectivity index (χ1) is 10.7. The van der Waals surface area contributed by atoms with Gasteiger partial charge >= 0.3 is 5.97 Å². The second-order valence-electron chi connectivity index (χ2n) is 4.92. The zero-order valence-electron chi connectivity index (χ0n) is 12.6. The molecule has 0 amide bonds. The fourth-order valence-corrected chi connectivity index (χ4v) is 4.07. The van der Waals surface area contributed by atoms with Crippen LogP contribution in [0.25, 0.3) is 0 Å². The Hall–Kier alpha value is -1.67. The molecule has 0 atom stereocenters. The summed E-state index contributed by atoms with van der Waals surface area (Å²) in [5, 5.41) is 3.97. The first-order valence-corrected chi connectivity index (χ1v) is 8.92. The topological polar surface area (TPSA) is 58.6 Å². The predicted octanol–water partition coefficient (Wildman–Crippen LogP) is 2.41. The Balaban J connectivity index is 1.66. The van der Waals surface area contributed by atoms with Crippen molar-refractivity contribution in [3.63, 3.8) is 0 Å². The summed E-state index contributed by atoms with van der Waals surface area (Å²) in [4.78, 5) is 25.9. The van der Waals surface area contributed by atoms with Gasteiger partial charge in [-0.2, -0.15) is 0 Å². The standard InChI is InChI=1S/C14H18N4O2S2/c1-3-20-12(19)11-10(2)16-14(22-11)18-7-5-17(6-8-18)13-15-4-9-21-13/h4,9H,3,5-8H2,1-2H3. The van der Waals surface area contributed by atoms with E-state index >= 15 is 0 Å². The fourth-order valence-electron chi connectivity index (χ4n) is 2.36. The summed E-state index contributed by atoms with van der Waals surface area (Å²) in [6.07, 6.45) is 1.84. The number of hydrogen-bond donors (Lipinski definition) is 0. The van der Waals surface area contributed by atoms with E-state index in [1.807, 2.05) is 25.4 Å². The number of nitrogens with zero attached hydrogens (tertiary/aromatic N) is 4. The van der Waals surface area contributed by atoms with Gasteiger partial charge < -0.3 is 14.5 Å². The van der Waals surface area contributed by atoms with Crippen molar-refractivity contribution in [1.82, 2.24) is 9.97 Å². The first kappa shape index (κ1) is 15.2. The molecule has 1 fully saturated rings. The maximum Gasteiger partial charge on any atom is 0.350 e. The van der Waals surface area contributed by atoms with Crippen molar-refractivity contribution in [2.45, 2.75) is 13.8 Å². The molecule has 2 aromatic rings. The van der Waals surface area contributed by atoms with E-state index in [9.17, 15) is 4.79 Å². The van der Waals surface area contributed by atoms with Gasteiger partial charge in [0.25, 0.3) is 0 Å². The van der Waals surface area contributed by atoms with Crippen molar-refractivity contribution >= 4 is 38.9 Å². The van der Waals surface area contributed by atoms with Crippen LogP contribution in [0.15, 0.2) is 11.6 Å². The summed E-state index contributed by atoms with van der Waals surface area (Å²) in [5.41, 5.74) is 0.751. The average Bonchev–Trinajstić information content (AvgIpc) is 3.17. The minimum absolute atomic E-state index is 0.273. The molecule has 1 saturated heterocycles. The summed E-state index contributed by atoms with van der Waals surface area (Å²) in [7, 11) is 0. The second kappa shape index (κ2) is 6.62. The molecule has 3 heterocycles. The maximum absolute atomic E-state index is 11.9. The van der Waals surface area contributed by atoms with E-state index in [2.05, 4.69) is 19.8 Å². The van der Waals surface area contributed by atoms with Crippen molar-refractivity contribution in [2.75, 3.05) is 42.6 Å². The molecule has 0 bridgehead atoms. The van der Waals surface area contributed by atoms with Gasteiger partial charge in [0, 0.05) is 37.8 Å². The van der Waals surface area contributed by atoms with Crippen molar-refractivity contribution in [1.29, 1.82) is 0 Å². The average molecular weight is 338 g/mol. The molecule has 118 valence electrons. The SMILES string of the molecule is CCOC(=O)c1sc(N2CCN(c3nccs3)CC2)nc1C. The third-order valence-corrected chi connectivity index (χ3v) is 5.52. The number of piperazine rings is 1. The molecular weight excluding hydrogens is 320 g/mol. The molecule has 2 aromatic heterocycles. The number of aryl methyl sites for hydroxylation is 1. The molecule has 0 aromatic carbocycles. The Labute approximate surface area is 137 Å². The Morgan fingerprint density at radius 3 is 2.55 bits per heavy atom. The molecule has 0 unspecified atom stereocenters. The number of aromatic nitrogens is 2. The maximum atomic E-state index is 11.9. The van der Waals surface area contributed by atoms with Crippen LogP contribution in [-0.2, 0) is 4.74 Å². The Morgan fingerprint density at radius 1 is 1.27 bits per heavy atom. The van der Waals surface area contributed by atoms with E-state index in [1.54, 1.807) is 11.3 Å². The lowest BCUT2D eigenvalue weighted by atomic mass is 10.3. The quantitative estimate of drug-likeness (QED) is 0.798. The lowest BCUT2D eigenvalue weighted by Crippen LogP contribution is -2.46. The zero-order chi connectivity index (χ0) is 15.5. The lowest BCUT2D eigenvalue weighted by molar-refractivity contribution is 0.0531. The molecule has 0 saturated carbocycles. The van der Waals surface area contributed by atoms with E-state index < -0.39 is 0 Å². The van der Waals surface area contributed by atoms with Crippen LogP contribution in [0.2, 0.25) is 0 Å². The summed E-state index contributed by atoms with van der Waals surface area (Å²) in [6, 6.07) is 0. The molecule has 6 nitrogen and oxygen atoms in total. The molecule has 0 aliphatic carbocycles. The van der Waals surface area contributed by atoms with Crippen LogP contribution < -0.4 is 9.80 Å². The second-order valence-corrected chi connectivity index (χ2v) is 6.77. The number of esters is 1. The summed E-state index contributed by atoms with van der Waals surface area (Å²) >= 11 is 3.09. The molecular formula is C14H18N4O2S2. The van der Waals surface area contributed by atoms with Crippen LogP contribution in [0.4, 0.5) is 10.3 Å². The molecule has 22 heavy (non-hydrogen) atoms. The molecule has 1 aliphatic heterocycles. The molecule has 0 N–H and O–H groups in total. The van der Waals surface area contributed by atoms with Gasteiger partial charge in [0.05, 0.1) is 12.3 Å². The van der Waals surface area contributed by atoms with Gasteiger partial charge in [-0.25, -0.2) is 14.8 Å². The highest BCUT2D eigenvalue weighted by atomic mass is 32.1. The fraction of sp³-hybridized carbons (Fsp3) is 0.500. The number of anilines is 2. The van der Waals surface area contributed by atoms with Crippen LogP contribution in [-0.4, -0.2) is 48.7 Å². The largest absolute Gasteiger partial charge is 0.462 e. The van der Waals surface area contributed by atoms with E-state index in [0.29, 0.717) is 11.5 Å².